The molecule has 0 aliphatic carbocycles. The van der Waals surface area contributed by atoms with Crippen LogP contribution in [0.1, 0.15) is 20.8 Å². The Hall–Kier alpha value is -0.870. The van der Waals surface area contributed by atoms with Crippen molar-refractivity contribution in [1.82, 2.24) is 0 Å². The molecule has 22 heavy (non-hydrogen) atoms. The molecule has 0 aromatic heterocycles. The highest BCUT2D eigenvalue weighted by Crippen LogP contribution is 2.49. The number of halogens is 1. The summed E-state index contributed by atoms with van der Waals surface area (Å²) in [6, 6.07) is 6.77. The monoisotopic (exact) mass is 346 g/mol. The first-order chi connectivity index (χ1) is 10.4. The third-order valence-electron chi connectivity index (χ3n) is 2.93. The van der Waals surface area contributed by atoms with Gasteiger partial charge in [0.05, 0.1) is 13.2 Å². The van der Waals surface area contributed by atoms with Gasteiger partial charge in [-0.05, 0) is 31.2 Å². The minimum absolute atomic E-state index is 0.000255. The number of rotatable bonds is 5. The Morgan fingerprint density at radius 2 is 1.91 bits per heavy atom. The lowest BCUT2D eigenvalue weighted by Gasteiger charge is -2.35. The predicted octanol–water partition coefficient (Wildman–Crippen LogP) is 3.99. The van der Waals surface area contributed by atoms with Gasteiger partial charge in [0.15, 0.2) is 12.5 Å². The molecular formula is C15H20ClO5P. The van der Waals surface area contributed by atoms with Gasteiger partial charge in [-0.15, -0.1) is 0 Å². The molecule has 2 rings (SSSR count). The van der Waals surface area contributed by atoms with Gasteiger partial charge in [0.2, 0.25) is 8.38 Å². The van der Waals surface area contributed by atoms with Crippen LogP contribution in [0.25, 0.3) is 0 Å². The minimum Gasteiger partial charge on any atom is -0.482 e. The summed E-state index contributed by atoms with van der Waals surface area (Å²) in [5.41, 5.74) is 0.000255. The van der Waals surface area contributed by atoms with Gasteiger partial charge in [-0.1, -0.05) is 25.4 Å². The van der Waals surface area contributed by atoms with E-state index in [1.165, 1.54) is 0 Å². The predicted molar refractivity (Wildman–Crippen MR) is 85.1 cm³/mol. The lowest BCUT2D eigenvalue weighted by atomic mass is 9.97. The molecule has 1 aromatic rings. The highest BCUT2D eigenvalue weighted by Gasteiger charge is 2.33. The molecule has 0 radical (unpaired) electrons. The molecule has 0 spiro atoms. The standard InChI is InChI=1S/C15H20ClO5P/c1-11(22-19-9-15(2,3)10-20-22)21-14(17)8-18-13-6-4-12(16)5-7-13/h4-7,11H,8-10H2,1-3H3. The van der Waals surface area contributed by atoms with Crippen LogP contribution >= 0.6 is 20.0 Å². The second-order valence-electron chi connectivity index (χ2n) is 5.83. The van der Waals surface area contributed by atoms with Crippen molar-refractivity contribution in [2.75, 3.05) is 19.8 Å². The van der Waals surface area contributed by atoms with Crippen LogP contribution in [0.5, 0.6) is 5.75 Å². The Morgan fingerprint density at radius 1 is 1.32 bits per heavy atom. The van der Waals surface area contributed by atoms with Gasteiger partial charge in [0, 0.05) is 10.4 Å². The molecule has 7 heteroatoms. The molecule has 1 aliphatic rings. The van der Waals surface area contributed by atoms with Crippen molar-refractivity contribution in [3.8, 4) is 5.75 Å². The molecule has 1 aromatic carbocycles. The number of hydrogen-bond donors (Lipinski definition) is 0. The number of hydrogen-bond acceptors (Lipinski definition) is 5. The number of carbonyl (C=O) groups excluding carboxylic acids is 1. The van der Waals surface area contributed by atoms with Gasteiger partial charge >= 0.3 is 5.97 Å². The van der Waals surface area contributed by atoms with Crippen molar-refractivity contribution in [3.05, 3.63) is 29.3 Å². The molecule has 1 aliphatic heterocycles. The van der Waals surface area contributed by atoms with Crippen LogP contribution in [0.2, 0.25) is 5.02 Å². The zero-order valence-corrected chi connectivity index (χ0v) is 14.5. The van der Waals surface area contributed by atoms with Crippen molar-refractivity contribution in [2.45, 2.75) is 26.6 Å². The largest absolute Gasteiger partial charge is 0.482 e. The van der Waals surface area contributed by atoms with E-state index in [-0.39, 0.29) is 12.0 Å². The fraction of sp³-hybridized carbons (Fsp3) is 0.533. The van der Waals surface area contributed by atoms with E-state index in [0.29, 0.717) is 24.0 Å². The van der Waals surface area contributed by atoms with Crippen molar-refractivity contribution in [2.24, 2.45) is 5.41 Å². The van der Waals surface area contributed by atoms with E-state index >= 15 is 0 Å². The Labute approximate surface area is 136 Å². The lowest BCUT2D eigenvalue weighted by molar-refractivity contribution is -0.148. The normalized spacial score (nSPS) is 19.5. The van der Waals surface area contributed by atoms with Gasteiger partial charge in [-0.2, -0.15) is 0 Å². The van der Waals surface area contributed by atoms with Crippen LogP contribution in [0, 0.1) is 5.41 Å². The highest BCUT2D eigenvalue weighted by molar-refractivity contribution is 7.47. The van der Waals surface area contributed by atoms with Crippen LogP contribution in [0.15, 0.2) is 24.3 Å². The summed E-state index contributed by atoms with van der Waals surface area (Å²) in [4.78, 5) is 11.8. The average Bonchev–Trinajstić information content (AvgIpc) is 2.46. The highest BCUT2D eigenvalue weighted by atomic mass is 35.5. The fourth-order valence-electron chi connectivity index (χ4n) is 1.71. The van der Waals surface area contributed by atoms with Crippen LogP contribution < -0.4 is 4.74 Å². The maximum absolute atomic E-state index is 11.8. The third-order valence-corrected chi connectivity index (χ3v) is 4.65. The first-order valence-corrected chi connectivity index (χ1v) is 8.61. The quantitative estimate of drug-likeness (QED) is 0.596. The average molecular weight is 347 g/mol. The third kappa shape index (κ3) is 5.40. The van der Waals surface area contributed by atoms with Crippen molar-refractivity contribution >= 4 is 25.9 Å². The number of esters is 1. The molecule has 1 fully saturated rings. The van der Waals surface area contributed by atoms with Gasteiger partial charge in [-0.25, -0.2) is 4.79 Å². The minimum atomic E-state index is -1.21. The summed E-state index contributed by atoms with van der Waals surface area (Å²) < 4.78 is 21.9. The van der Waals surface area contributed by atoms with Gasteiger partial charge in [0.1, 0.15) is 5.75 Å². The Kier molecular flexibility index (Phi) is 6.04. The van der Waals surface area contributed by atoms with Crippen LogP contribution in [-0.4, -0.2) is 31.6 Å². The van der Waals surface area contributed by atoms with E-state index in [0.717, 1.165) is 0 Å². The SMILES string of the molecule is CC(OC(=O)COc1ccc(Cl)cc1)P1OCC(C)(C)CO1. The number of ether oxygens (including phenoxy) is 2. The van der Waals surface area contributed by atoms with Crippen LogP contribution in [-0.2, 0) is 18.6 Å². The van der Waals surface area contributed by atoms with E-state index < -0.39 is 20.2 Å². The Bertz CT molecular complexity index is 495. The molecule has 122 valence electrons. The molecule has 1 atom stereocenters. The Balaban J connectivity index is 1.73. The van der Waals surface area contributed by atoms with E-state index in [1.807, 2.05) is 0 Å². The summed E-state index contributed by atoms with van der Waals surface area (Å²) in [7, 11) is -1.21. The van der Waals surface area contributed by atoms with Gasteiger partial charge < -0.3 is 18.5 Å². The zero-order chi connectivity index (χ0) is 16.2. The molecule has 0 bridgehead atoms. The number of carbonyl (C=O) groups is 1. The smallest absolute Gasteiger partial charge is 0.344 e. The van der Waals surface area contributed by atoms with Crippen molar-refractivity contribution < 1.29 is 23.3 Å². The molecule has 0 N–H and O–H groups in total. The van der Waals surface area contributed by atoms with E-state index in [9.17, 15) is 4.79 Å². The molecule has 1 heterocycles. The lowest BCUT2D eigenvalue weighted by Crippen LogP contribution is -2.31. The molecule has 0 amide bonds. The van der Waals surface area contributed by atoms with Crippen LogP contribution in [0.4, 0.5) is 0 Å². The number of benzene rings is 1. The fourth-order valence-corrected chi connectivity index (χ4v) is 3.48. The first kappa shape index (κ1) is 17.5. The first-order valence-electron chi connectivity index (χ1n) is 6.99. The second-order valence-corrected chi connectivity index (χ2v) is 8.08. The summed E-state index contributed by atoms with van der Waals surface area (Å²) in [6.07, 6.45) is 0. The maximum atomic E-state index is 11.8. The summed E-state index contributed by atoms with van der Waals surface area (Å²) in [6.45, 7) is 6.93. The molecule has 0 saturated carbocycles. The van der Waals surface area contributed by atoms with E-state index in [1.54, 1.807) is 31.2 Å². The van der Waals surface area contributed by atoms with E-state index in [4.69, 9.17) is 30.1 Å². The summed E-state index contributed by atoms with van der Waals surface area (Å²) >= 11 is 5.78. The second kappa shape index (κ2) is 7.60. The summed E-state index contributed by atoms with van der Waals surface area (Å²) in [5, 5.41) is 0.612. The maximum Gasteiger partial charge on any atom is 0.344 e. The topological polar surface area (TPSA) is 54.0 Å². The molecular weight excluding hydrogens is 327 g/mol. The molecule has 1 saturated heterocycles. The van der Waals surface area contributed by atoms with E-state index in [2.05, 4.69) is 13.8 Å². The zero-order valence-electron chi connectivity index (χ0n) is 12.9. The van der Waals surface area contributed by atoms with Crippen molar-refractivity contribution in [1.29, 1.82) is 0 Å². The van der Waals surface area contributed by atoms with Gasteiger partial charge in [0.25, 0.3) is 0 Å². The summed E-state index contributed by atoms with van der Waals surface area (Å²) in [5.74, 6) is -0.318. The van der Waals surface area contributed by atoms with Crippen molar-refractivity contribution in [3.63, 3.8) is 0 Å². The van der Waals surface area contributed by atoms with Crippen LogP contribution in [0.3, 0.4) is 0 Å². The van der Waals surface area contributed by atoms with Gasteiger partial charge in [-0.3, -0.25) is 0 Å². The molecule has 1 unspecified atom stereocenters. The molecule has 5 nitrogen and oxygen atoms in total. The Morgan fingerprint density at radius 3 is 2.50 bits per heavy atom.